The molecule has 18 heavy (non-hydrogen) atoms. The minimum absolute atomic E-state index is 0.0517. The van der Waals surface area contributed by atoms with Crippen molar-refractivity contribution in [3.63, 3.8) is 0 Å². The Morgan fingerprint density at radius 1 is 1.00 bits per heavy atom. The normalized spacial score (nSPS) is 30.2. The molecule has 4 nitrogen and oxygen atoms in total. The third kappa shape index (κ3) is 2.85. The average molecular weight is 252 g/mol. The van der Waals surface area contributed by atoms with E-state index in [2.05, 4.69) is 6.92 Å². The SMILES string of the molecule is CC1CCN(C(=O)[C@H]2CCCC[C@H]2C(=O)[O-])CC1. The topological polar surface area (TPSA) is 60.4 Å². The molecule has 1 saturated carbocycles. The van der Waals surface area contributed by atoms with Crippen molar-refractivity contribution in [3.05, 3.63) is 0 Å². The van der Waals surface area contributed by atoms with E-state index >= 15 is 0 Å². The summed E-state index contributed by atoms with van der Waals surface area (Å²) in [6.07, 6.45) is 5.25. The number of carboxylic acid groups (broad SMARTS) is 1. The number of carboxylic acids is 1. The molecule has 1 heterocycles. The quantitative estimate of drug-likeness (QED) is 0.730. The van der Waals surface area contributed by atoms with Gasteiger partial charge in [-0.05, 0) is 31.6 Å². The number of nitrogens with zero attached hydrogens (tertiary/aromatic N) is 1. The van der Waals surface area contributed by atoms with Crippen LogP contribution in [0.3, 0.4) is 0 Å². The summed E-state index contributed by atoms with van der Waals surface area (Å²) in [5, 5.41) is 11.1. The van der Waals surface area contributed by atoms with E-state index in [4.69, 9.17) is 0 Å². The minimum Gasteiger partial charge on any atom is -0.550 e. The van der Waals surface area contributed by atoms with Gasteiger partial charge >= 0.3 is 0 Å². The Hall–Kier alpha value is -1.06. The highest BCUT2D eigenvalue weighted by Crippen LogP contribution is 2.32. The summed E-state index contributed by atoms with van der Waals surface area (Å²) in [5.74, 6) is -1.21. The van der Waals surface area contributed by atoms with Gasteiger partial charge in [-0.1, -0.05) is 19.8 Å². The maximum absolute atomic E-state index is 12.4. The van der Waals surface area contributed by atoms with Crippen LogP contribution in [0.4, 0.5) is 0 Å². The fourth-order valence-corrected chi connectivity index (χ4v) is 3.17. The second kappa shape index (κ2) is 5.72. The van der Waals surface area contributed by atoms with Crippen molar-refractivity contribution >= 4 is 11.9 Å². The lowest BCUT2D eigenvalue weighted by Gasteiger charge is -2.37. The highest BCUT2D eigenvalue weighted by molar-refractivity contribution is 5.84. The van der Waals surface area contributed by atoms with Gasteiger partial charge in [0.1, 0.15) is 0 Å². The standard InChI is InChI=1S/C14H23NO3/c1-10-6-8-15(9-7-10)13(16)11-4-2-3-5-12(11)14(17)18/h10-12H,2-9H2,1H3,(H,17,18)/p-1/t11-,12+/m0/s1. The van der Waals surface area contributed by atoms with Crippen molar-refractivity contribution in [2.75, 3.05) is 13.1 Å². The largest absolute Gasteiger partial charge is 0.550 e. The predicted molar refractivity (Wildman–Crippen MR) is 65.4 cm³/mol. The molecule has 0 aromatic rings. The number of piperidine rings is 1. The molecule has 0 radical (unpaired) electrons. The van der Waals surface area contributed by atoms with Gasteiger partial charge in [0.2, 0.25) is 5.91 Å². The molecule has 0 unspecified atom stereocenters. The van der Waals surface area contributed by atoms with Gasteiger partial charge in [0, 0.05) is 30.9 Å². The monoisotopic (exact) mass is 252 g/mol. The van der Waals surface area contributed by atoms with E-state index in [1.54, 1.807) is 0 Å². The van der Waals surface area contributed by atoms with E-state index in [0.717, 1.165) is 38.8 Å². The Balaban J connectivity index is 2.00. The fraction of sp³-hybridized carbons (Fsp3) is 0.857. The summed E-state index contributed by atoms with van der Waals surface area (Å²) in [6, 6.07) is 0. The molecule has 2 atom stereocenters. The van der Waals surface area contributed by atoms with Crippen molar-refractivity contribution in [2.24, 2.45) is 17.8 Å². The van der Waals surface area contributed by atoms with Crippen molar-refractivity contribution in [1.29, 1.82) is 0 Å². The molecule has 0 bridgehead atoms. The highest BCUT2D eigenvalue weighted by atomic mass is 16.4. The first-order chi connectivity index (χ1) is 8.59. The lowest BCUT2D eigenvalue weighted by Crippen LogP contribution is -2.48. The number of amides is 1. The van der Waals surface area contributed by atoms with Crippen LogP contribution in [0.25, 0.3) is 0 Å². The van der Waals surface area contributed by atoms with E-state index in [0.29, 0.717) is 18.8 Å². The molecule has 0 spiro atoms. The third-order valence-corrected chi connectivity index (χ3v) is 4.48. The van der Waals surface area contributed by atoms with Crippen LogP contribution in [-0.2, 0) is 9.59 Å². The van der Waals surface area contributed by atoms with Crippen LogP contribution in [0.5, 0.6) is 0 Å². The summed E-state index contributed by atoms with van der Waals surface area (Å²) in [6.45, 7) is 3.78. The van der Waals surface area contributed by atoms with Gasteiger partial charge in [-0.15, -0.1) is 0 Å². The molecule has 1 amide bonds. The molecular formula is C14H22NO3-. The molecule has 102 valence electrons. The number of hydrogen-bond acceptors (Lipinski definition) is 3. The van der Waals surface area contributed by atoms with Crippen LogP contribution in [0.15, 0.2) is 0 Å². The van der Waals surface area contributed by atoms with Crippen LogP contribution in [0, 0.1) is 17.8 Å². The molecule has 4 heteroatoms. The Morgan fingerprint density at radius 3 is 2.11 bits per heavy atom. The van der Waals surface area contributed by atoms with Gasteiger partial charge in [-0.2, -0.15) is 0 Å². The van der Waals surface area contributed by atoms with Crippen LogP contribution >= 0.6 is 0 Å². The summed E-state index contributed by atoms with van der Waals surface area (Å²) in [5.41, 5.74) is 0. The summed E-state index contributed by atoms with van der Waals surface area (Å²) < 4.78 is 0. The number of hydrogen-bond donors (Lipinski definition) is 0. The molecule has 2 aliphatic rings. The minimum atomic E-state index is -1.04. The van der Waals surface area contributed by atoms with Crippen LogP contribution in [-0.4, -0.2) is 29.9 Å². The Bertz CT molecular complexity index is 321. The van der Waals surface area contributed by atoms with Gasteiger partial charge in [0.05, 0.1) is 0 Å². The molecule has 1 saturated heterocycles. The zero-order chi connectivity index (χ0) is 13.1. The molecule has 0 N–H and O–H groups in total. The Kier molecular flexibility index (Phi) is 4.25. The average Bonchev–Trinajstić information content (AvgIpc) is 2.39. The van der Waals surface area contributed by atoms with Gasteiger partial charge in [-0.3, -0.25) is 4.79 Å². The van der Waals surface area contributed by atoms with Gasteiger partial charge in [-0.25, -0.2) is 0 Å². The molecule has 2 rings (SSSR count). The number of aliphatic carboxylic acids is 1. The van der Waals surface area contributed by atoms with Crippen LogP contribution in [0.1, 0.15) is 45.4 Å². The molecular weight excluding hydrogens is 230 g/mol. The second-order valence-corrected chi connectivity index (χ2v) is 5.82. The van der Waals surface area contributed by atoms with E-state index in [-0.39, 0.29) is 11.8 Å². The van der Waals surface area contributed by atoms with Crippen molar-refractivity contribution in [2.45, 2.75) is 45.4 Å². The second-order valence-electron chi connectivity index (χ2n) is 5.82. The van der Waals surface area contributed by atoms with Gasteiger partial charge in [0.15, 0.2) is 0 Å². The Morgan fingerprint density at radius 2 is 1.56 bits per heavy atom. The molecule has 0 aromatic carbocycles. The van der Waals surface area contributed by atoms with E-state index < -0.39 is 11.9 Å². The Labute approximate surface area is 108 Å². The van der Waals surface area contributed by atoms with Gasteiger partial charge in [0.25, 0.3) is 0 Å². The number of rotatable bonds is 2. The van der Waals surface area contributed by atoms with Crippen LogP contribution < -0.4 is 5.11 Å². The third-order valence-electron chi connectivity index (χ3n) is 4.48. The van der Waals surface area contributed by atoms with E-state index in [1.165, 1.54) is 0 Å². The fourth-order valence-electron chi connectivity index (χ4n) is 3.17. The summed E-state index contributed by atoms with van der Waals surface area (Å²) in [4.78, 5) is 25.4. The summed E-state index contributed by atoms with van der Waals surface area (Å²) in [7, 11) is 0. The van der Waals surface area contributed by atoms with Crippen molar-refractivity contribution in [3.8, 4) is 0 Å². The zero-order valence-electron chi connectivity index (χ0n) is 11.1. The van der Waals surface area contributed by atoms with E-state index in [9.17, 15) is 14.7 Å². The first-order valence-electron chi connectivity index (χ1n) is 7.09. The lowest BCUT2D eigenvalue weighted by atomic mass is 9.78. The summed E-state index contributed by atoms with van der Waals surface area (Å²) >= 11 is 0. The van der Waals surface area contributed by atoms with Crippen molar-refractivity contribution < 1.29 is 14.7 Å². The number of likely N-dealkylation sites (tertiary alicyclic amines) is 1. The molecule has 1 aliphatic carbocycles. The first-order valence-corrected chi connectivity index (χ1v) is 7.09. The zero-order valence-corrected chi connectivity index (χ0v) is 11.1. The lowest BCUT2D eigenvalue weighted by molar-refractivity contribution is -0.314. The molecule has 1 aliphatic heterocycles. The maximum Gasteiger partial charge on any atom is 0.226 e. The van der Waals surface area contributed by atoms with Crippen LogP contribution in [0.2, 0.25) is 0 Å². The van der Waals surface area contributed by atoms with Gasteiger partial charge < -0.3 is 14.8 Å². The number of carbonyl (C=O) groups is 2. The highest BCUT2D eigenvalue weighted by Gasteiger charge is 2.35. The number of carbonyl (C=O) groups excluding carboxylic acids is 2. The van der Waals surface area contributed by atoms with E-state index in [1.807, 2.05) is 4.90 Å². The van der Waals surface area contributed by atoms with Crippen molar-refractivity contribution in [1.82, 2.24) is 4.90 Å². The molecule has 2 fully saturated rings. The molecule has 0 aromatic heterocycles. The predicted octanol–water partition coefficient (Wildman–Crippen LogP) is 0.801. The maximum atomic E-state index is 12.4. The first kappa shape index (κ1) is 13.4. The smallest absolute Gasteiger partial charge is 0.226 e.